The summed E-state index contributed by atoms with van der Waals surface area (Å²) in [6, 6.07) is 5.71. The van der Waals surface area contributed by atoms with Gasteiger partial charge in [0.1, 0.15) is 0 Å². The number of aryl methyl sites for hydroxylation is 1. The summed E-state index contributed by atoms with van der Waals surface area (Å²) in [4.78, 5) is 11.2. The normalized spacial score (nSPS) is 8.79. The molecule has 3 heteroatoms. The van der Waals surface area contributed by atoms with Crippen LogP contribution in [0.5, 0.6) is 0 Å². The largest absolute Gasteiger partial charge is 0.315 e. The third-order valence-electron chi connectivity index (χ3n) is 1.69. The van der Waals surface area contributed by atoms with Crippen LogP contribution in [-0.2, 0) is 4.79 Å². The van der Waals surface area contributed by atoms with E-state index in [1.807, 2.05) is 25.1 Å². The first-order chi connectivity index (χ1) is 6.63. The van der Waals surface area contributed by atoms with Crippen molar-refractivity contribution in [3.05, 3.63) is 28.2 Å². The molecule has 2 nitrogen and oxygen atoms in total. The fourth-order valence-corrected chi connectivity index (χ4v) is 1.36. The molecule has 72 valence electrons. The van der Waals surface area contributed by atoms with Crippen molar-refractivity contribution in [3.63, 3.8) is 0 Å². The molecule has 1 aromatic carbocycles. The number of anilines is 1. The molecule has 0 aliphatic rings. The van der Waals surface area contributed by atoms with Crippen molar-refractivity contribution in [2.75, 3.05) is 5.32 Å². The van der Waals surface area contributed by atoms with Crippen LogP contribution < -0.4 is 5.32 Å². The van der Waals surface area contributed by atoms with Crippen molar-refractivity contribution < 1.29 is 4.79 Å². The quantitative estimate of drug-likeness (QED) is 0.765. The van der Waals surface area contributed by atoms with Gasteiger partial charge in [-0.1, -0.05) is 27.9 Å². The molecule has 0 fully saturated rings. The van der Waals surface area contributed by atoms with Gasteiger partial charge in [-0.05, 0) is 37.5 Å². The van der Waals surface area contributed by atoms with Crippen LogP contribution in [0.2, 0.25) is 0 Å². The highest BCUT2D eigenvalue weighted by atomic mass is 79.9. The van der Waals surface area contributed by atoms with Gasteiger partial charge in [0.25, 0.3) is 5.91 Å². The summed E-state index contributed by atoms with van der Waals surface area (Å²) >= 11 is 3.34. The van der Waals surface area contributed by atoms with Crippen LogP contribution in [0.25, 0.3) is 0 Å². The SMILES string of the molecule is CC#CC(=O)Nc1cc(Br)ccc1C. The molecule has 14 heavy (non-hydrogen) atoms. The number of hydrogen-bond donors (Lipinski definition) is 1. The van der Waals surface area contributed by atoms with Crippen LogP contribution in [0.1, 0.15) is 12.5 Å². The third-order valence-corrected chi connectivity index (χ3v) is 2.18. The highest BCUT2D eigenvalue weighted by Crippen LogP contribution is 2.20. The van der Waals surface area contributed by atoms with Crippen LogP contribution in [0, 0.1) is 18.8 Å². The molecule has 1 amide bonds. The van der Waals surface area contributed by atoms with Crippen LogP contribution in [-0.4, -0.2) is 5.91 Å². The Bertz CT molecular complexity index is 415. The van der Waals surface area contributed by atoms with Crippen molar-refractivity contribution in [2.45, 2.75) is 13.8 Å². The predicted molar refractivity (Wildman–Crippen MR) is 61.0 cm³/mol. The van der Waals surface area contributed by atoms with Gasteiger partial charge in [0, 0.05) is 10.2 Å². The highest BCUT2D eigenvalue weighted by molar-refractivity contribution is 9.10. The Labute approximate surface area is 91.8 Å². The maximum absolute atomic E-state index is 11.2. The second-order valence-electron chi connectivity index (χ2n) is 2.79. The standard InChI is InChI=1S/C11H10BrNO/c1-3-4-11(14)13-10-7-9(12)6-5-8(10)2/h5-7H,1-2H3,(H,13,14). The average Bonchev–Trinajstić information content (AvgIpc) is 2.12. The minimum absolute atomic E-state index is 0.284. The van der Waals surface area contributed by atoms with Gasteiger partial charge in [-0.25, -0.2) is 0 Å². The van der Waals surface area contributed by atoms with Crippen molar-refractivity contribution in [3.8, 4) is 11.8 Å². The summed E-state index contributed by atoms with van der Waals surface area (Å²) in [5, 5.41) is 2.71. The highest BCUT2D eigenvalue weighted by Gasteiger charge is 2.01. The van der Waals surface area contributed by atoms with E-state index in [1.54, 1.807) is 6.92 Å². The molecule has 0 aromatic heterocycles. The first-order valence-corrected chi connectivity index (χ1v) is 4.92. The fraction of sp³-hybridized carbons (Fsp3) is 0.182. The van der Waals surface area contributed by atoms with Gasteiger partial charge in [0.2, 0.25) is 0 Å². The number of halogens is 1. The maximum atomic E-state index is 11.2. The summed E-state index contributed by atoms with van der Waals surface area (Å²) in [6.45, 7) is 3.56. The van der Waals surface area contributed by atoms with E-state index in [2.05, 4.69) is 33.1 Å². The number of benzene rings is 1. The molecule has 0 saturated heterocycles. The van der Waals surface area contributed by atoms with E-state index >= 15 is 0 Å². The molecule has 0 bridgehead atoms. The van der Waals surface area contributed by atoms with Gasteiger partial charge in [-0.15, -0.1) is 0 Å². The zero-order valence-electron chi connectivity index (χ0n) is 8.02. The van der Waals surface area contributed by atoms with Crippen molar-refractivity contribution in [1.29, 1.82) is 0 Å². The third kappa shape index (κ3) is 2.90. The van der Waals surface area contributed by atoms with Crippen molar-refractivity contribution in [1.82, 2.24) is 0 Å². The molecular weight excluding hydrogens is 242 g/mol. The van der Waals surface area contributed by atoms with Gasteiger partial charge in [-0.3, -0.25) is 4.79 Å². The zero-order chi connectivity index (χ0) is 10.6. The van der Waals surface area contributed by atoms with Gasteiger partial charge >= 0.3 is 0 Å². The molecule has 0 aliphatic carbocycles. The number of hydrogen-bond acceptors (Lipinski definition) is 1. The fourth-order valence-electron chi connectivity index (χ4n) is 0.996. The summed E-state index contributed by atoms with van der Waals surface area (Å²) in [5.74, 6) is 4.69. The van der Waals surface area contributed by atoms with E-state index < -0.39 is 0 Å². The van der Waals surface area contributed by atoms with Gasteiger partial charge in [0.15, 0.2) is 0 Å². The number of amides is 1. The molecule has 1 aromatic rings. The Morgan fingerprint density at radius 3 is 2.86 bits per heavy atom. The molecule has 0 spiro atoms. The first kappa shape index (κ1) is 10.8. The summed E-state index contributed by atoms with van der Waals surface area (Å²) in [7, 11) is 0. The van der Waals surface area contributed by atoms with Gasteiger partial charge < -0.3 is 5.32 Å². The molecule has 0 saturated carbocycles. The number of carbonyl (C=O) groups excluding carboxylic acids is 1. The number of nitrogens with one attached hydrogen (secondary N) is 1. The van der Waals surface area contributed by atoms with E-state index in [0.29, 0.717) is 0 Å². The average molecular weight is 252 g/mol. The Morgan fingerprint density at radius 2 is 2.21 bits per heavy atom. The van der Waals surface area contributed by atoms with Crippen LogP contribution >= 0.6 is 15.9 Å². The van der Waals surface area contributed by atoms with E-state index in [1.165, 1.54) is 0 Å². The topological polar surface area (TPSA) is 29.1 Å². The van der Waals surface area contributed by atoms with Gasteiger partial charge in [0.05, 0.1) is 0 Å². The Morgan fingerprint density at radius 1 is 1.50 bits per heavy atom. The van der Waals surface area contributed by atoms with E-state index in [0.717, 1.165) is 15.7 Å². The monoisotopic (exact) mass is 251 g/mol. The van der Waals surface area contributed by atoms with Crippen LogP contribution in [0.15, 0.2) is 22.7 Å². The van der Waals surface area contributed by atoms with E-state index in [-0.39, 0.29) is 5.91 Å². The molecule has 0 aliphatic heterocycles. The van der Waals surface area contributed by atoms with Crippen molar-refractivity contribution in [2.24, 2.45) is 0 Å². The number of carbonyl (C=O) groups is 1. The number of rotatable bonds is 1. The molecule has 0 heterocycles. The lowest BCUT2D eigenvalue weighted by atomic mass is 10.2. The molecule has 1 rings (SSSR count). The Balaban J connectivity index is 2.89. The zero-order valence-corrected chi connectivity index (χ0v) is 9.60. The summed E-state index contributed by atoms with van der Waals surface area (Å²) in [6.07, 6.45) is 0. The summed E-state index contributed by atoms with van der Waals surface area (Å²) in [5.41, 5.74) is 1.80. The Hall–Kier alpha value is -1.27. The molecule has 0 unspecified atom stereocenters. The second-order valence-corrected chi connectivity index (χ2v) is 3.70. The lowest BCUT2D eigenvalue weighted by Gasteiger charge is -2.05. The lowest BCUT2D eigenvalue weighted by Crippen LogP contribution is -2.09. The maximum Gasteiger partial charge on any atom is 0.300 e. The Kier molecular flexibility index (Phi) is 3.73. The molecule has 1 N–H and O–H groups in total. The van der Waals surface area contributed by atoms with E-state index in [4.69, 9.17) is 0 Å². The lowest BCUT2D eigenvalue weighted by molar-refractivity contribution is -0.111. The molecule has 0 atom stereocenters. The summed E-state index contributed by atoms with van der Waals surface area (Å²) < 4.78 is 0.933. The minimum Gasteiger partial charge on any atom is -0.315 e. The predicted octanol–water partition coefficient (Wildman–Crippen LogP) is 2.72. The van der Waals surface area contributed by atoms with Crippen LogP contribution in [0.4, 0.5) is 5.69 Å². The second kappa shape index (κ2) is 4.83. The minimum atomic E-state index is -0.284. The van der Waals surface area contributed by atoms with Crippen LogP contribution in [0.3, 0.4) is 0 Å². The van der Waals surface area contributed by atoms with Gasteiger partial charge in [-0.2, -0.15) is 0 Å². The van der Waals surface area contributed by atoms with E-state index in [9.17, 15) is 4.79 Å². The molecule has 0 radical (unpaired) electrons. The smallest absolute Gasteiger partial charge is 0.300 e. The molecular formula is C11H10BrNO. The first-order valence-electron chi connectivity index (χ1n) is 4.13. The van der Waals surface area contributed by atoms with Crippen molar-refractivity contribution >= 4 is 27.5 Å².